The molecule has 31 heavy (non-hydrogen) atoms. The molecular formula is C22H25N5O4. The molecule has 0 aliphatic carbocycles. The van der Waals surface area contributed by atoms with Gasteiger partial charge in [0.15, 0.2) is 6.61 Å². The van der Waals surface area contributed by atoms with E-state index in [0.717, 1.165) is 34.8 Å². The topological polar surface area (TPSA) is 100 Å². The Kier molecular flexibility index (Phi) is 6.30. The van der Waals surface area contributed by atoms with Gasteiger partial charge in [0, 0.05) is 24.1 Å². The molecule has 2 heterocycles. The maximum absolute atomic E-state index is 12.4. The summed E-state index contributed by atoms with van der Waals surface area (Å²) in [4.78, 5) is 13.6. The number of rotatable bonds is 9. The molecule has 9 heteroatoms. The van der Waals surface area contributed by atoms with Crippen LogP contribution in [0.2, 0.25) is 0 Å². The van der Waals surface area contributed by atoms with Crippen LogP contribution < -0.4 is 19.5 Å². The van der Waals surface area contributed by atoms with Crippen molar-refractivity contribution in [3.05, 3.63) is 59.4 Å². The van der Waals surface area contributed by atoms with Gasteiger partial charge in [0.2, 0.25) is 11.7 Å². The average molecular weight is 423 g/mol. The number of aromatic nitrogens is 4. The van der Waals surface area contributed by atoms with Crippen LogP contribution in [0.15, 0.2) is 42.5 Å². The summed E-state index contributed by atoms with van der Waals surface area (Å²) in [5, 5.41) is 14.9. The number of hydrogen-bond acceptors (Lipinski definition) is 7. The molecule has 1 amide bonds. The second-order valence-electron chi connectivity index (χ2n) is 7.25. The standard InChI is InChI=1S/C22H25N5O4/c1-3-29-19-10-16-9-15(2)31-20(16)11-17(19)12-23-22(28)13-27-25-21(24-26-27)14-30-18-7-5-4-6-8-18/h4-8,10-11,15H,3,9,12-14H2,1-2H3,(H,23,28)/t15-/m0/s1. The molecule has 4 rings (SSSR count). The highest BCUT2D eigenvalue weighted by Crippen LogP contribution is 2.35. The third kappa shape index (κ3) is 5.30. The first-order chi connectivity index (χ1) is 15.1. The van der Waals surface area contributed by atoms with E-state index in [4.69, 9.17) is 14.2 Å². The molecule has 0 fully saturated rings. The Bertz CT molecular complexity index is 1040. The van der Waals surface area contributed by atoms with E-state index in [-0.39, 0.29) is 25.2 Å². The van der Waals surface area contributed by atoms with Crippen LogP contribution in [-0.4, -0.2) is 38.8 Å². The molecule has 0 spiro atoms. The SMILES string of the molecule is CCOc1cc2c(cc1CNC(=O)Cn1nnc(COc3ccccc3)n1)O[C@@H](C)C2. The molecule has 0 unspecified atom stereocenters. The lowest BCUT2D eigenvalue weighted by molar-refractivity contribution is -0.122. The minimum atomic E-state index is -0.231. The summed E-state index contributed by atoms with van der Waals surface area (Å²) in [7, 11) is 0. The lowest BCUT2D eigenvalue weighted by atomic mass is 10.1. The number of nitrogens with zero attached hydrogens (tertiary/aromatic N) is 4. The number of amides is 1. The molecule has 9 nitrogen and oxygen atoms in total. The van der Waals surface area contributed by atoms with Gasteiger partial charge in [-0.25, -0.2) is 0 Å². The van der Waals surface area contributed by atoms with E-state index in [9.17, 15) is 4.79 Å². The smallest absolute Gasteiger partial charge is 0.243 e. The summed E-state index contributed by atoms with van der Waals surface area (Å²) in [5.74, 6) is 2.50. The van der Waals surface area contributed by atoms with E-state index in [1.807, 2.05) is 56.3 Å². The molecule has 0 bridgehead atoms. The highest BCUT2D eigenvalue weighted by Gasteiger charge is 2.22. The van der Waals surface area contributed by atoms with Crippen LogP contribution in [0.3, 0.4) is 0 Å². The Labute approximate surface area is 180 Å². The fourth-order valence-electron chi connectivity index (χ4n) is 3.35. The predicted octanol–water partition coefficient (Wildman–Crippen LogP) is 2.29. The largest absolute Gasteiger partial charge is 0.494 e. The van der Waals surface area contributed by atoms with Gasteiger partial charge < -0.3 is 19.5 Å². The zero-order valence-corrected chi connectivity index (χ0v) is 17.6. The number of para-hydroxylation sites is 1. The fourth-order valence-corrected chi connectivity index (χ4v) is 3.35. The van der Waals surface area contributed by atoms with Crippen molar-refractivity contribution in [2.24, 2.45) is 0 Å². The molecule has 2 aromatic carbocycles. The average Bonchev–Trinajstić information content (AvgIpc) is 3.36. The number of hydrogen-bond donors (Lipinski definition) is 1. The molecule has 1 aliphatic rings. The first-order valence-corrected chi connectivity index (χ1v) is 10.3. The van der Waals surface area contributed by atoms with Crippen LogP contribution in [-0.2, 0) is 30.9 Å². The predicted molar refractivity (Wildman–Crippen MR) is 112 cm³/mol. The maximum Gasteiger partial charge on any atom is 0.243 e. The Morgan fingerprint density at radius 1 is 1.26 bits per heavy atom. The summed E-state index contributed by atoms with van der Waals surface area (Å²) in [5.41, 5.74) is 2.00. The highest BCUT2D eigenvalue weighted by atomic mass is 16.5. The number of nitrogens with one attached hydrogen (secondary N) is 1. The van der Waals surface area contributed by atoms with E-state index in [2.05, 4.69) is 20.7 Å². The van der Waals surface area contributed by atoms with E-state index in [1.54, 1.807) is 0 Å². The van der Waals surface area contributed by atoms with Crippen molar-refractivity contribution in [1.82, 2.24) is 25.5 Å². The molecule has 0 saturated carbocycles. The lowest BCUT2D eigenvalue weighted by Gasteiger charge is -2.13. The van der Waals surface area contributed by atoms with Crippen LogP contribution in [0.5, 0.6) is 17.2 Å². The van der Waals surface area contributed by atoms with E-state index < -0.39 is 0 Å². The van der Waals surface area contributed by atoms with Gasteiger partial charge in [0.1, 0.15) is 29.9 Å². The van der Waals surface area contributed by atoms with Gasteiger partial charge in [-0.2, -0.15) is 4.80 Å². The van der Waals surface area contributed by atoms with Crippen molar-refractivity contribution in [2.45, 2.75) is 46.1 Å². The second kappa shape index (κ2) is 9.46. The van der Waals surface area contributed by atoms with Crippen molar-refractivity contribution < 1.29 is 19.0 Å². The van der Waals surface area contributed by atoms with Crippen molar-refractivity contribution >= 4 is 5.91 Å². The van der Waals surface area contributed by atoms with E-state index >= 15 is 0 Å². The third-order valence-electron chi connectivity index (χ3n) is 4.75. The number of tetrazole rings is 1. The molecule has 1 aliphatic heterocycles. The van der Waals surface area contributed by atoms with Crippen molar-refractivity contribution in [3.8, 4) is 17.2 Å². The summed E-state index contributed by atoms with van der Waals surface area (Å²) in [6, 6.07) is 13.3. The van der Waals surface area contributed by atoms with Crippen LogP contribution in [0.4, 0.5) is 0 Å². The van der Waals surface area contributed by atoms with Crippen LogP contribution in [0, 0.1) is 0 Å². The minimum Gasteiger partial charge on any atom is -0.494 e. The maximum atomic E-state index is 12.4. The number of carbonyl (C=O) groups excluding carboxylic acids is 1. The van der Waals surface area contributed by atoms with E-state index in [0.29, 0.717) is 19.0 Å². The van der Waals surface area contributed by atoms with Gasteiger partial charge in [-0.15, -0.1) is 10.2 Å². The summed E-state index contributed by atoms with van der Waals surface area (Å²) in [6.45, 7) is 4.97. The van der Waals surface area contributed by atoms with Crippen LogP contribution in [0.25, 0.3) is 0 Å². The fraction of sp³-hybridized carbons (Fsp3) is 0.364. The Balaban J connectivity index is 1.32. The number of ether oxygens (including phenoxy) is 3. The first-order valence-electron chi connectivity index (χ1n) is 10.3. The Morgan fingerprint density at radius 2 is 2.10 bits per heavy atom. The Hall–Kier alpha value is -3.62. The van der Waals surface area contributed by atoms with Crippen LogP contribution >= 0.6 is 0 Å². The van der Waals surface area contributed by atoms with Crippen molar-refractivity contribution in [2.75, 3.05) is 6.61 Å². The summed E-state index contributed by atoms with van der Waals surface area (Å²) < 4.78 is 17.2. The van der Waals surface area contributed by atoms with Gasteiger partial charge >= 0.3 is 0 Å². The first kappa shape index (κ1) is 20.6. The van der Waals surface area contributed by atoms with Gasteiger partial charge in [-0.3, -0.25) is 4.79 Å². The third-order valence-corrected chi connectivity index (χ3v) is 4.75. The Morgan fingerprint density at radius 3 is 2.90 bits per heavy atom. The molecule has 1 aromatic heterocycles. The molecule has 1 N–H and O–H groups in total. The van der Waals surface area contributed by atoms with Gasteiger partial charge in [0.25, 0.3) is 0 Å². The zero-order chi connectivity index (χ0) is 21.6. The molecule has 3 aromatic rings. The molecule has 1 atom stereocenters. The molecule has 0 radical (unpaired) electrons. The summed E-state index contributed by atoms with van der Waals surface area (Å²) >= 11 is 0. The molecular weight excluding hydrogens is 398 g/mol. The second-order valence-corrected chi connectivity index (χ2v) is 7.25. The monoisotopic (exact) mass is 423 g/mol. The minimum absolute atomic E-state index is 0.0409. The van der Waals surface area contributed by atoms with Crippen molar-refractivity contribution in [3.63, 3.8) is 0 Å². The van der Waals surface area contributed by atoms with Gasteiger partial charge in [0.05, 0.1) is 6.61 Å². The van der Waals surface area contributed by atoms with Crippen molar-refractivity contribution in [1.29, 1.82) is 0 Å². The normalized spacial score (nSPS) is 14.6. The molecule has 0 saturated heterocycles. The van der Waals surface area contributed by atoms with Crippen LogP contribution in [0.1, 0.15) is 30.8 Å². The highest BCUT2D eigenvalue weighted by molar-refractivity contribution is 5.75. The number of fused-ring (bicyclic) bond motifs is 1. The van der Waals surface area contributed by atoms with Gasteiger partial charge in [-0.1, -0.05) is 18.2 Å². The van der Waals surface area contributed by atoms with Gasteiger partial charge in [-0.05, 0) is 43.3 Å². The molecule has 162 valence electrons. The lowest BCUT2D eigenvalue weighted by Crippen LogP contribution is -2.28. The number of benzene rings is 2. The quantitative estimate of drug-likeness (QED) is 0.564. The van der Waals surface area contributed by atoms with E-state index in [1.165, 1.54) is 4.80 Å². The number of carbonyl (C=O) groups is 1. The zero-order valence-electron chi connectivity index (χ0n) is 17.6. The summed E-state index contributed by atoms with van der Waals surface area (Å²) in [6.07, 6.45) is 1.00.